The summed E-state index contributed by atoms with van der Waals surface area (Å²) in [5.41, 5.74) is -0.701. The second-order valence-corrected chi connectivity index (χ2v) is 8.22. The van der Waals surface area contributed by atoms with Crippen LogP contribution >= 0.6 is 23.2 Å². The topological polar surface area (TPSA) is 49.6 Å². The number of carbonyl (C=O) groups excluding carboxylic acids is 1. The molecule has 2 aromatic heterocycles. The number of hydrogen-bond donors (Lipinski definition) is 1. The quantitative estimate of drug-likeness (QED) is 0.516. The van der Waals surface area contributed by atoms with Crippen molar-refractivity contribution in [3.8, 4) is 0 Å². The van der Waals surface area contributed by atoms with E-state index in [1.54, 1.807) is 12.1 Å². The number of alkyl halides is 3. The van der Waals surface area contributed by atoms with Crippen LogP contribution in [-0.4, -0.2) is 33.3 Å². The molecule has 31 heavy (non-hydrogen) atoms. The van der Waals surface area contributed by atoms with E-state index in [0.717, 1.165) is 32.4 Å². The summed E-state index contributed by atoms with van der Waals surface area (Å²) in [6.07, 6.45) is -0.105. The van der Waals surface area contributed by atoms with Gasteiger partial charge in [-0.3, -0.25) is 9.69 Å². The molecular formula is C21H19Cl2F3N4O. The molecule has 0 bridgehead atoms. The van der Waals surface area contributed by atoms with Gasteiger partial charge in [0.25, 0.3) is 5.91 Å². The maximum atomic E-state index is 13.8. The minimum absolute atomic E-state index is 0.0124. The van der Waals surface area contributed by atoms with Crippen molar-refractivity contribution < 1.29 is 18.0 Å². The fourth-order valence-corrected chi connectivity index (χ4v) is 4.39. The Kier molecular flexibility index (Phi) is 6.14. The Bertz CT molecular complexity index is 1100. The molecule has 1 aliphatic rings. The minimum atomic E-state index is -4.62. The Morgan fingerprint density at radius 3 is 2.39 bits per heavy atom. The van der Waals surface area contributed by atoms with E-state index in [1.165, 1.54) is 28.8 Å². The van der Waals surface area contributed by atoms with Crippen molar-refractivity contribution in [2.24, 2.45) is 0 Å². The van der Waals surface area contributed by atoms with E-state index in [1.807, 2.05) is 4.90 Å². The van der Waals surface area contributed by atoms with E-state index in [4.69, 9.17) is 23.2 Å². The summed E-state index contributed by atoms with van der Waals surface area (Å²) in [4.78, 5) is 18.6. The molecule has 1 aliphatic heterocycles. The number of nitrogens with one attached hydrogen (secondary N) is 1. The van der Waals surface area contributed by atoms with E-state index in [2.05, 4.69) is 10.3 Å². The normalized spacial score (nSPS) is 15.4. The Balaban J connectivity index is 1.75. The van der Waals surface area contributed by atoms with Crippen LogP contribution in [0.5, 0.6) is 0 Å². The van der Waals surface area contributed by atoms with Gasteiger partial charge in [0.2, 0.25) is 0 Å². The molecule has 1 fully saturated rings. The van der Waals surface area contributed by atoms with Crippen LogP contribution in [0.3, 0.4) is 0 Å². The highest BCUT2D eigenvalue weighted by atomic mass is 35.5. The first-order chi connectivity index (χ1) is 14.8. The molecule has 1 amide bonds. The van der Waals surface area contributed by atoms with E-state index in [9.17, 15) is 18.0 Å². The number of rotatable bonds is 4. The zero-order chi connectivity index (χ0) is 22.2. The van der Waals surface area contributed by atoms with Gasteiger partial charge in [-0.15, -0.1) is 0 Å². The molecule has 1 N–H and O–H groups in total. The van der Waals surface area contributed by atoms with Gasteiger partial charge in [0.15, 0.2) is 11.3 Å². The summed E-state index contributed by atoms with van der Waals surface area (Å²) < 4.78 is 42.8. The molecular weight excluding hydrogens is 452 g/mol. The zero-order valence-electron chi connectivity index (χ0n) is 16.3. The molecule has 10 heteroatoms. The first-order valence-electron chi connectivity index (χ1n) is 9.80. The molecule has 4 rings (SSSR count). The van der Waals surface area contributed by atoms with Gasteiger partial charge >= 0.3 is 6.18 Å². The summed E-state index contributed by atoms with van der Waals surface area (Å²) in [5.74, 6) is -0.627. The largest absolute Gasteiger partial charge is 0.435 e. The van der Waals surface area contributed by atoms with Crippen LogP contribution in [0, 0.1) is 0 Å². The number of likely N-dealkylation sites (tertiary alicyclic amines) is 1. The first kappa shape index (κ1) is 21.9. The number of amides is 1. The van der Waals surface area contributed by atoms with Crippen LogP contribution in [0.15, 0.2) is 36.5 Å². The van der Waals surface area contributed by atoms with Gasteiger partial charge in [0.1, 0.15) is 0 Å². The van der Waals surface area contributed by atoms with Gasteiger partial charge in [-0.1, -0.05) is 35.7 Å². The Hall–Kier alpha value is -2.29. The lowest BCUT2D eigenvalue weighted by Crippen LogP contribution is -2.30. The van der Waals surface area contributed by atoms with Gasteiger partial charge in [-0.25, -0.2) is 4.98 Å². The molecule has 1 saturated heterocycles. The third-order valence-corrected chi connectivity index (χ3v) is 5.91. The molecule has 0 aliphatic carbocycles. The Labute approximate surface area is 186 Å². The minimum Gasteiger partial charge on any atom is -0.319 e. The van der Waals surface area contributed by atoms with Crippen LogP contribution < -0.4 is 5.32 Å². The Morgan fingerprint density at radius 1 is 1.06 bits per heavy atom. The van der Waals surface area contributed by atoms with E-state index < -0.39 is 17.8 Å². The smallest absolute Gasteiger partial charge is 0.319 e. The Morgan fingerprint density at radius 2 is 1.74 bits per heavy atom. The van der Waals surface area contributed by atoms with Crippen LogP contribution in [-0.2, 0) is 12.7 Å². The van der Waals surface area contributed by atoms with Gasteiger partial charge in [0, 0.05) is 12.7 Å². The van der Waals surface area contributed by atoms with Crippen LogP contribution in [0.2, 0.25) is 10.0 Å². The standard InChI is InChI=1S/C21H19Cl2F3N4O/c22-13-6-4-7-14(23)17(13)20(31)27-15-8-5-11-30-16(12-29-9-2-1-3-10-29)18(21(24,25)26)28-19(15)30/h4-8,11H,1-3,9-10,12H2,(H,27,31). The number of hydrogen-bond acceptors (Lipinski definition) is 3. The van der Waals surface area contributed by atoms with Crippen LogP contribution in [0.4, 0.5) is 18.9 Å². The average Bonchev–Trinajstić information content (AvgIpc) is 3.09. The number of nitrogens with zero attached hydrogens (tertiary/aromatic N) is 3. The number of carbonyl (C=O) groups is 1. The molecule has 164 valence electrons. The van der Waals surface area contributed by atoms with Crippen molar-refractivity contribution in [2.45, 2.75) is 32.0 Å². The third-order valence-electron chi connectivity index (χ3n) is 5.28. The second kappa shape index (κ2) is 8.68. The van der Waals surface area contributed by atoms with Crippen molar-refractivity contribution in [2.75, 3.05) is 18.4 Å². The number of fused-ring (bicyclic) bond motifs is 1. The van der Waals surface area contributed by atoms with Gasteiger partial charge in [-0.2, -0.15) is 13.2 Å². The number of anilines is 1. The third kappa shape index (κ3) is 4.51. The lowest BCUT2D eigenvalue weighted by atomic mass is 10.1. The number of aromatic nitrogens is 2. The predicted molar refractivity (Wildman–Crippen MR) is 114 cm³/mol. The number of benzene rings is 1. The van der Waals surface area contributed by atoms with Crippen molar-refractivity contribution in [3.63, 3.8) is 0 Å². The summed E-state index contributed by atoms with van der Waals surface area (Å²) in [6, 6.07) is 7.68. The summed E-state index contributed by atoms with van der Waals surface area (Å²) >= 11 is 12.2. The zero-order valence-corrected chi connectivity index (χ0v) is 17.9. The lowest BCUT2D eigenvalue weighted by Gasteiger charge is -2.26. The van der Waals surface area contributed by atoms with Crippen LogP contribution in [0.1, 0.15) is 41.0 Å². The molecule has 5 nitrogen and oxygen atoms in total. The van der Waals surface area contributed by atoms with Gasteiger partial charge in [0.05, 0.1) is 27.0 Å². The molecule has 0 atom stereocenters. The van der Waals surface area contributed by atoms with Gasteiger partial charge in [-0.05, 0) is 50.2 Å². The second-order valence-electron chi connectivity index (χ2n) is 7.41. The van der Waals surface area contributed by atoms with E-state index in [0.29, 0.717) is 0 Å². The average molecular weight is 471 g/mol. The van der Waals surface area contributed by atoms with Crippen molar-refractivity contribution in [1.82, 2.24) is 14.3 Å². The van der Waals surface area contributed by atoms with Crippen molar-refractivity contribution in [1.29, 1.82) is 0 Å². The van der Waals surface area contributed by atoms with E-state index >= 15 is 0 Å². The highest BCUT2D eigenvalue weighted by Gasteiger charge is 2.38. The fourth-order valence-electron chi connectivity index (χ4n) is 3.82. The van der Waals surface area contributed by atoms with Crippen molar-refractivity contribution >= 4 is 40.4 Å². The van der Waals surface area contributed by atoms with Crippen LogP contribution in [0.25, 0.3) is 5.65 Å². The number of piperidine rings is 1. The predicted octanol–water partition coefficient (Wildman–Crippen LogP) is 5.90. The number of halogens is 5. The maximum Gasteiger partial charge on any atom is 0.435 e. The molecule has 3 heterocycles. The molecule has 3 aromatic rings. The fraction of sp³-hybridized carbons (Fsp3) is 0.333. The highest BCUT2D eigenvalue weighted by molar-refractivity contribution is 6.40. The molecule has 0 saturated carbocycles. The van der Waals surface area contributed by atoms with E-state index in [-0.39, 0.29) is 39.2 Å². The lowest BCUT2D eigenvalue weighted by molar-refractivity contribution is -0.141. The van der Waals surface area contributed by atoms with Gasteiger partial charge < -0.3 is 9.72 Å². The maximum absolute atomic E-state index is 13.8. The molecule has 0 spiro atoms. The first-order valence-corrected chi connectivity index (χ1v) is 10.6. The molecule has 1 aromatic carbocycles. The summed E-state index contributed by atoms with van der Waals surface area (Å²) in [7, 11) is 0. The SMILES string of the molecule is O=C(Nc1cccn2c(CN3CCCCC3)c(C(F)(F)F)nc12)c1c(Cl)cccc1Cl. The monoisotopic (exact) mass is 470 g/mol. The molecule has 0 unspecified atom stereocenters. The highest BCUT2D eigenvalue weighted by Crippen LogP contribution is 2.35. The summed E-state index contributed by atoms with van der Waals surface area (Å²) in [6.45, 7) is 1.61. The molecule has 0 radical (unpaired) electrons. The van der Waals surface area contributed by atoms with Crippen molar-refractivity contribution in [3.05, 3.63) is 63.5 Å². The number of pyridine rings is 1. The summed E-state index contributed by atoms with van der Waals surface area (Å²) in [5, 5.41) is 2.89. The number of imidazole rings is 1.